The molecular weight excluding hydrogens is 133 g/mol. The first kappa shape index (κ1) is 6.13. The molecule has 1 saturated heterocycles. The molecule has 1 aliphatic heterocycles. The molecule has 2 rings (SSSR count). The molecule has 10 heavy (non-hydrogen) atoms. The third-order valence-corrected chi connectivity index (χ3v) is 2.37. The molecule has 0 unspecified atom stereocenters. The third kappa shape index (κ3) is 0.805. The molecule has 2 fully saturated rings. The summed E-state index contributed by atoms with van der Waals surface area (Å²) in [5.74, 6) is 0.0818. The lowest BCUT2D eigenvalue weighted by atomic mass is 10.0. The third-order valence-electron chi connectivity index (χ3n) is 2.37. The molecular formula is C7H10FNO. The smallest absolute Gasteiger partial charge is 0.254 e. The maximum absolute atomic E-state index is 12.9. The molecule has 0 aromatic carbocycles. The van der Waals surface area contributed by atoms with Gasteiger partial charge in [-0.3, -0.25) is 4.79 Å². The van der Waals surface area contributed by atoms with Gasteiger partial charge < -0.3 is 5.32 Å². The number of carbonyl (C=O) groups is 1. The summed E-state index contributed by atoms with van der Waals surface area (Å²) < 4.78 is 12.9. The lowest BCUT2D eigenvalue weighted by molar-refractivity contribution is -0.123. The van der Waals surface area contributed by atoms with Gasteiger partial charge in [-0.2, -0.15) is 0 Å². The standard InChI is InChI=1S/C7H10FNO/c8-6-5(4-1-2-4)3-9-7(6)10/h4-6H,1-3H2,(H,9,10)/t5-,6+/m0/s1. The lowest BCUT2D eigenvalue weighted by Crippen LogP contribution is -2.20. The van der Waals surface area contributed by atoms with Crippen LogP contribution in [0.3, 0.4) is 0 Å². The average Bonchev–Trinajstić information content (AvgIpc) is 2.67. The lowest BCUT2D eigenvalue weighted by Gasteiger charge is -2.05. The Morgan fingerprint density at radius 3 is 2.60 bits per heavy atom. The SMILES string of the molecule is O=C1NC[C@@H](C2CC2)[C@H]1F. The number of nitrogens with one attached hydrogen (secondary N) is 1. The molecule has 0 radical (unpaired) electrons. The first-order valence-electron chi connectivity index (χ1n) is 3.71. The summed E-state index contributed by atoms with van der Waals surface area (Å²) in [6, 6.07) is 0. The molecule has 0 bridgehead atoms. The van der Waals surface area contributed by atoms with Crippen molar-refractivity contribution in [1.29, 1.82) is 0 Å². The molecule has 2 nitrogen and oxygen atoms in total. The summed E-state index contributed by atoms with van der Waals surface area (Å²) in [5.41, 5.74) is 0. The first-order chi connectivity index (χ1) is 4.79. The number of carbonyl (C=O) groups excluding carboxylic acids is 1. The van der Waals surface area contributed by atoms with Crippen LogP contribution in [-0.4, -0.2) is 18.6 Å². The Balaban J connectivity index is 2.03. The number of rotatable bonds is 1. The summed E-state index contributed by atoms with van der Waals surface area (Å²) in [7, 11) is 0. The maximum Gasteiger partial charge on any atom is 0.254 e. The molecule has 1 saturated carbocycles. The second kappa shape index (κ2) is 1.94. The molecule has 0 aromatic rings. The van der Waals surface area contributed by atoms with E-state index in [0.717, 1.165) is 12.8 Å². The van der Waals surface area contributed by atoms with Gasteiger partial charge in [0, 0.05) is 12.5 Å². The predicted octanol–water partition coefficient (Wildman–Crippen LogP) is 0.480. The van der Waals surface area contributed by atoms with Gasteiger partial charge in [0.25, 0.3) is 5.91 Å². The van der Waals surface area contributed by atoms with Crippen molar-refractivity contribution in [3.63, 3.8) is 0 Å². The highest BCUT2D eigenvalue weighted by atomic mass is 19.1. The maximum atomic E-state index is 12.9. The second-order valence-electron chi connectivity index (χ2n) is 3.15. The fraction of sp³-hybridized carbons (Fsp3) is 0.857. The van der Waals surface area contributed by atoms with Crippen LogP contribution >= 0.6 is 0 Å². The van der Waals surface area contributed by atoms with Crippen molar-refractivity contribution >= 4 is 5.91 Å². The van der Waals surface area contributed by atoms with Crippen molar-refractivity contribution in [3.8, 4) is 0 Å². The zero-order valence-corrected chi connectivity index (χ0v) is 5.64. The Kier molecular flexibility index (Phi) is 1.19. The largest absolute Gasteiger partial charge is 0.353 e. The molecule has 3 heteroatoms. The second-order valence-corrected chi connectivity index (χ2v) is 3.15. The highest BCUT2D eigenvalue weighted by Crippen LogP contribution is 2.40. The summed E-state index contributed by atoms with van der Waals surface area (Å²) >= 11 is 0. The van der Waals surface area contributed by atoms with Gasteiger partial charge >= 0.3 is 0 Å². The number of halogens is 1. The molecule has 1 N–H and O–H groups in total. The van der Waals surface area contributed by atoms with Gasteiger partial charge in [-0.25, -0.2) is 4.39 Å². The highest BCUT2D eigenvalue weighted by molar-refractivity contribution is 5.83. The van der Waals surface area contributed by atoms with Crippen LogP contribution in [0.1, 0.15) is 12.8 Å². The van der Waals surface area contributed by atoms with E-state index < -0.39 is 12.1 Å². The zero-order chi connectivity index (χ0) is 7.14. The number of hydrogen-bond acceptors (Lipinski definition) is 1. The fourth-order valence-corrected chi connectivity index (χ4v) is 1.54. The van der Waals surface area contributed by atoms with Gasteiger partial charge in [0.2, 0.25) is 0 Å². The van der Waals surface area contributed by atoms with Crippen molar-refractivity contribution in [3.05, 3.63) is 0 Å². The van der Waals surface area contributed by atoms with E-state index in [4.69, 9.17) is 0 Å². The van der Waals surface area contributed by atoms with Crippen LogP contribution in [0.4, 0.5) is 4.39 Å². The number of amides is 1. The minimum absolute atomic E-state index is 0.00694. The monoisotopic (exact) mass is 143 g/mol. The van der Waals surface area contributed by atoms with Crippen LogP contribution in [0.15, 0.2) is 0 Å². The van der Waals surface area contributed by atoms with Crippen molar-refractivity contribution in [2.75, 3.05) is 6.54 Å². The summed E-state index contributed by atoms with van der Waals surface area (Å²) in [4.78, 5) is 10.6. The van der Waals surface area contributed by atoms with Gasteiger partial charge in [0.15, 0.2) is 6.17 Å². The molecule has 0 spiro atoms. The minimum atomic E-state index is -1.22. The van der Waals surface area contributed by atoms with Crippen LogP contribution in [0.5, 0.6) is 0 Å². The molecule has 2 atom stereocenters. The zero-order valence-electron chi connectivity index (χ0n) is 5.64. The topological polar surface area (TPSA) is 29.1 Å². The van der Waals surface area contributed by atoms with E-state index in [-0.39, 0.29) is 5.92 Å². The van der Waals surface area contributed by atoms with Crippen molar-refractivity contribution in [2.24, 2.45) is 11.8 Å². The molecule has 1 heterocycles. The summed E-state index contributed by atoms with van der Waals surface area (Å²) in [5, 5.41) is 2.53. The Bertz CT molecular complexity index is 167. The Morgan fingerprint density at radius 1 is 1.50 bits per heavy atom. The molecule has 1 aliphatic carbocycles. The van der Waals surface area contributed by atoms with Crippen LogP contribution in [0, 0.1) is 11.8 Å². The van der Waals surface area contributed by atoms with E-state index in [9.17, 15) is 9.18 Å². The Hall–Kier alpha value is -0.600. The van der Waals surface area contributed by atoms with Gasteiger partial charge in [-0.05, 0) is 18.8 Å². The van der Waals surface area contributed by atoms with E-state index in [2.05, 4.69) is 5.32 Å². The van der Waals surface area contributed by atoms with Crippen LogP contribution < -0.4 is 5.32 Å². The number of hydrogen-bond donors (Lipinski definition) is 1. The number of alkyl halides is 1. The molecule has 0 aromatic heterocycles. The normalized spacial score (nSPS) is 39.9. The Morgan fingerprint density at radius 2 is 2.20 bits per heavy atom. The minimum Gasteiger partial charge on any atom is -0.353 e. The van der Waals surface area contributed by atoms with Gasteiger partial charge in [0.1, 0.15) is 0 Å². The first-order valence-corrected chi connectivity index (χ1v) is 3.71. The summed E-state index contributed by atoms with van der Waals surface area (Å²) in [6.45, 7) is 0.560. The molecule has 2 aliphatic rings. The average molecular weight is 143 g/mol. The fourth-order valence-electron chi connectivity index (χ4n) is 1.54. The molecule has 56 valence electrons. The van der Waals surface area contributed by atoms with Gasteiger partial charge in [-0.15, -0.1) is 0 Å². The van der Waals surface area contributed by atoms with E-state index in [1.807, 2.05) is 0 Å². The predicted molar refractivity (Wildman–Crippen MR) is 34.1 cm³/mol. The van der Waals surface area contributed by atoms with Crippen molar-refractivity contribution in [1.82, 2.24) is 5.32 Å². The van der Waals surface area contributed by atoms with E-state index in [1.165, 1.54) is 0 Å². The van der Waals surface area contributed by atoms with Crippen LogP contribution in [0.2, 0.25) is 0 Å². The van der Waals surface area contributed by atoms with Crippen LogP contribution in [-0.2, 0) is 4.79 Å². The van der Waals surface area contributed by atoms with E-state index >= 15 is 0 Å². The molecule has 1 amide bonds. The van der Waals surface area contributed by atoms with Crippen LogP contribution in [0.25, 0.3) is 0 Å². The van der Waals surface area contributed by atoms with Gasteiger partial charge in [0.05, 0.1) is 0 Å². The highest BCUT2D eigenvalue weighted by Gasteiger charge is 2.43. The van der Waals surface area contributed by atoms with Crippen molar-refractivity contribution < 1.29 is 9.18 Å². The van der Waals surface area contributed by atoms with Gasteiger partial charge in [-0.1, -0.05) is 0 Å². The quantitative estimate of drug-likeness (QED) is 0.568. The van der Waals surface area contributed by atoms with E-state index in [1.54, 1.807) is 0 Å². The van der Waals surface area contributed by atoms with Crippen molar-refractivity contribution in [2.45, 2.75) is 19.0 Å². The summed E-state index contributed by atoms with van der Waals surface area (Å²) in [6.07, 6.45) is 1.01. The Labute approximate surface area is 58.8 Å². The van der Waals surface area contributed by atoms with E-state index in [0.29, 0.717) is 12.5 Å².